The smallest absolute Gasteiger partial charge is 0.415 e. The summed E-state index contributed by atoms with van der Waals surface area (Å²) in [6.45, 7) is 4.43. The fourth-order valence-corrected chi connectivity index (χ4v) is 5.14. The Morgan fingerprint density at radius 1 is 0.946 bits per heavy atom. The monoisotopic (exact) mass is 501 g/mol. The van der Waals surface area contributed by atoms with Gasteiger partial charge in [-0.2, -0.15) is 5.26 Å². The topological polar surface area (TPSA) is 86.0 Å². The Labute approximate surface area is 216 Å². The molecule has 3 aliphatic rings. The lowest BCUT2D eigenvalue weighted by atomic mass is 10.1. The van der Waals surface area contributed by atoms with Crippen molar-refractivity contribution >= 4 is 17.0 Å². The van der Waals surface area contributed by atoms with Crippen LogP contribution in [-0.2, 0) is 16.0 Å². The number of nitriles is 1. The van der Waals surface area contributed by atoms with Crippen molar-refractivity contribution in [2.24, 2.45) is 5.92 Å². The molecular formula is C29H31N3O5. The van der Waals surface area contributed by atoms with Crippen LogP contribution in [-0.4, -0.2) is 61.2 Å². The van der Waals surface area contributed by atoms with Gasteiger partial charge in [-0.25, -0.2) is 4.79 Å². The molecule has 0 spiro atoms. The van der Waals surface area contributed by atoms with Crippen LogP contribution >= 0.6 is 0 Å². The fraction of sp³-hybridized carbons (Fsp3) is 0.448. The number of rotatable bonds is 6. The van der Waals surface area contributed by atoms with Gasteiger partial charge < -0.3 is 28.4 Å². The first kappa shape index (κ1) is 23.8. The summed E-state index contributed by atoms with van der Waals surface area (Å²) in [7, 11) is 0. The van der Waals surface area contributed by atoms with Gasteiger partial charge in [0.25, 0.3) is 0 Å². The van der Waals surface area contributed by atoms with E-state index in [4.69, 9.17) is 18.9 Å². The largest absolute Gasteiger partial charge is 0.490 e. The van der Waals surface area contributed by atoms with E-state index in [0.29, 0.717) is 43.5 Å². The summed E-state index contributed by atoms with van der Waals surface area (Å²) in [5.74, 6) is 1.93. The third-order valence-electron chi connectivity index (χ3n) is 7.36. The van der Waals surface area contributed by atoms with Crippen molar-refractivity contribution in [1.82, 2.24) is 9.47 Å². The summed E-state index contributed by atoms with van der Waals surface area (Å²) < 4.78 is 24.9. The van der Waals surface area contributed by atoms with Gasteiger partial charge in [-0.15, -0.1) is 0 Å². The highest BCUT2D eigenvalue weighted by atomic mass is 16.6. The highest BCUT2D eigenvalue weighted by molar-refractivity contribution is 5.95. The maximum Gasteiger partial charge on any atom is 0.415 e. The number of aromatic nitrogens is 1. The van der Waals surface area contributed by atoms with E-state index in [1.165, 1.54) is 12.8 Å². The quantitative estimate of drug-likeness (QED) is 0.474. The standard InChI is InChI=1S/C29H31N3O5/c30-18-26-25-8-7-24(36-23-9-13-34-14-10-23)17-27(25)32(19-20-1-2-20)28(26)21-3-5-22(6-4-21)37-29(33)31-11-15-35-16-12-31/h3-8,17,20,23H,1-2,9-16,19H2. The summed E-state index contributed by atoms with van der Waals surface area (Å²) in [5.41, 5.74) is 3.50. The van der Waals surface area contributed by atoms with Crippen LogP contribution in [0.1, 0.15) is 31.2 Å². The van der Waals surface area contributed by atoms with Crippen LogP contribution in [0.4, 0.5) is 4.79 Å². The van der Waals surface area contributed by atoms with Gasteiger partial charge in [0.15, 0.2) is 0 Å². The molecule has 1 aromatic heterocycles. The molecular weight excluding hydrogens is 470 g/mol. The molecule has 2 saturated heterocycles. The highest BCUT2D eigenvalue weighted by Gasteiger charge is 2.27. The second kappa shape index (κ2) is 10.4. The third kappa shape index (κ3) is 5.15. The first-order valence-electron chi connectivity index (χ1n) is 13.2. The van der Waals surface area contributed by atoms with Crippen LogP contribution in [0.2, 0.25) is 0 Å². The predicted molar refractivity (Wildman–Crippen MR) is 138 cm³/mol. The van der Waals surface area contributed by atoms with Crippen LogP contribution in [0.25, 0.3) is 22.2 Å². The second-order valence-electron chi connectivity index (χ2n) is 9.99. The molecule has 0 atom stereocenters. The van der Waals surface area contributed by atoms with E-state index in [2.05, 4.69) is 16.7 Å². The Balaban J connectivity index is 1.31. The van der Waals surface area contributed by atoms with Gasteiger partial charge in [0.2, 0.25) is 0 Å². The Morgan fingerprint density at radius 3 is 2.35 bits per heavy atom. The summed E-state index contributed by atoms with van der Waals surface area (Å²) >= 11 is 0. The van der Waals surface area contributed by atoms with E-state index >= 15 is 0 Å². The molecule has 0 unspecified atom stereocenters. The summed E-state index contributed by atoms with van der Waals surface area (Å²) in [5, 5.41) is 11.1. The molecule has 3 heterocycles. The van der Waals surface area contributed by atoms with Gasteiger partial charge in [0, 0.05) is 43.9 Å². The lowest BCUT2D eigenvalue weighted by Gasteiger charge is -2.25. The number of morpholine rings is 1. The average molecular weight is 502 g/mol. The minimum Gasteiger partial charge on any atom is -0.490 e. The van der Waals surface area contributed by atoms with E-state index in [1.54, 1.807) is 17.0 Å². The Morgan fingerprint density at radius 2 is 1.65 bits per heavy atom. The normalized spacial score (nSPS) is 18.5. The molecule has 8 heteroatoms. The van der Waals surface area contributed by atoms with Crippen LogP contribution < -0.4 is 9.47 Å². The molecule has 2 aromatic carbocycles. The Kier molecular flexibility index (Phi) is 6.73. The van der Waals surface area contributed by atoms with Crippen LogP contribution in [0.15, 0.2) is 42.5 Å². The number of carbonyl (C=O) groups is 1. The molecule has 0 bridgehead atoms. The molecule has 37 heavy (non-hydrogen) atoms. The zero-order valence-corrected chi connectivity index (χ0v) is 20.9. The van der Waals surface area contributed by atoms with Crippen molar-refractivity contribution in [3.63, 3.8) is 0 Å². The molecule has 1 amide bonds. The lowest BCUT2D eigenvalue weighted by molar-refractivity contribution is 0.0256. The number of fused-ring (bicyclic) bond motifs is 1. The minimum absolute atomic E-state index is 0.153. The van der Waals surface area contributed by atoms with E-state index in [1.807, 2.05) is 24.3 Å². The maximum absolute atomic E-state index is 12.5. The Hall–Kier alpha value is -3.54. The van der Waals surface area contributed by atoms with Crippen molar-refractivity contribution in [2.75, 3.05) is 39.5 Å². The molecule has 0 N–H and O–H groups in total. The van der Waals surface area contributed by atoms with Crippen LogP contribution in [0.5, 0.6) is 11.5 Å². The average Bonchev–Trinajstić information content (AvgIpc) is 3.71. The molecule has 3 fully saturated rings. The molecule has 192 valence electrons. The summed E-state index contributed by atoms with van der Waals surface area (Å²) in [6.07, 6.45) is 3.97. The first-order chi connectivity index (χ1) is 18.2. The molecule has 3 aromatic rings. The zero-order chi connectivity index (χ0) is 25.2. The number of ether oxygens (including phenoxy) is 4. The van der Waals surface area contributed by atoms with Gasteiger partial charge in [-0.05, 0) is 60.7 Å². The van der Waals surface area contributed by atoms with Crippen molar-refractivity contribution < 1.29 is 23.7 Å². The molecule has 2 aliphatic heterocycles. The van der Waals surface area contributed by atoms with Gasteiger partial charge in [-0.1, -0.05) is 0 Å². The number of nitrogens with zero attached hydrogens (tertiary/aromatic N) is 3. The van der Waals surface area contributed by atoms with Gasteiger partial charge in [0.05, 0.1) is 43.2 Å². The molecule has 6 rings (SSSR count). The van der Waals surface area contributed by atoms with Gasteiger partial charge in [0.1, 0.15) is 23.7 Å². The van der Waals surface area contributed by atoms with Gasteiger partial charge in [-0.3, -0.25) is 0 Å². The van der Waals surface area contributed by atoms with Crippen molar-refractivity contribution in [2.45, 2.75) is 38.3 Å². The number of hydrogen-bond donors (Lipinski definition) is 0. The number of amides is 1. The Bertz CT molecular complexity index is 1310. The molecule has 1 aliphatic carbocycles. The summed E-state index contributed by atoms with van der Waals surface area (Å²) in [4.78, 5) is 14.1. The van der Waals surface area contributed by atoms with E-state index in [9.17, 15) is 10.1 Å². The van der Waals surface area contributed by atoms with Crippen molar-refractivity contribution in [1.29, 1.82) is 5.26 Å². The van der Waals surface area contributed by atoms with Crippen LogP contribution in [0, 0.1) is 17.2 Å². The van der Waals surface area contributed by atoms with E-state index in [-0.39, 0.29) is 12.2 Å². The fourth-order valence-electron chi connectivity index (χ4n) is 5.14. The molecule has 0 radical (unpaired) electrons. The maximum atomic E-state index is 12.5. The molecule has 8 nitrogen and oxygen atoms in total. The van der Waals surface area contributed by atoms with Crippen LogP contribution in [0.3, 0.4) is 0 Å². The number of carbonyl (C=O) groups excluding carboxylic acids is 1. The SMILES string of the molecule is N#Cc1c(-c2ccc(OC(=O)N3CCOCC3)cc2)n(CC2CC2)c2cc(OC3CCOCC3)ccc12. The lowest BCUT2D eigenvalue weighted by Crippen LogP contribution is -2.42. The second-order valence-corrected chi connectivity index (χ2v) is 9.99. The van der Waals surface area contributed by atoms with Gasteiger partial charge >= 0.3 is 6.09 Å². The van der Waals surface area contributed by atoms with E-state index in [0.717, 1.165) is 60.5 Å². The third-order valence-corrected chi connectivity index (χ3v) is 7.36. The first-order valence-corrected chi connectivity index (χ1v) is 13.2. The number of benzene rings is 2. The predicted octanol–water partition coefficient (Wildman–Crippen LogP) is 4.98. The summed E-state index contributed by atoms with van der Waals surface area (Å²) in [6, 6.07) is 16.0. The van der Waals surface area contributed by atoms with Crippen molar-refractivity contribution in [3.05, 3.63) is 48.0 Å². The minimum atomic E-state index is -0.367. The molecule has 1 saturated carbocycles. The highest BCUT2D eigenvalue weighted by Crippen LogP contribution is 2.40. The van der Waals surface area contributed by atoms with E-state index < -0.39 is 0 Å². The van der Waals surface area contributed by atoms with Crippen molar-refractivity contribution in [3.8, 4) is 28.8 Å². The number of hydrogen-bond acceptors (Lipinski definition) is 6. The zero-order valence-electron chi connectivity index (χ0n) is 20.9.